The first-order valence-corrected chi connectivity index (χ1v) is 1.93. The van der Waals surface area contributed by atoms with Crippen LogP contribution >= 0.6 is 0 Å². The number of nitrogens with one attached hydrogen (secondary N) is 1. The van der Waals surface area contributed by atoms with Gasteiger partial charge in [-0.05, 0) is 0 Å². The van der Waals surface area contributed by atoms with Crippen LogP contribution in [0.25, 0.3) is 0 Å². The fraction of sp³-hybridized carbons (Fsp3) is 1.00. The van der Waals surface area contributed by atoms with E-state index in [1.165, 1.54) is 5.54 Å². The van der Waals surface area contributed by atoms with E-state index < -0.39 is 12.7 Å². The number of rotatable bonds is 3. The highest BCUT2D eigenvalue weighted by molar-refractivity contribution is 4.49. The van der Waals surface area contributed by atoms with E-state index in [1.54, 1.807) is 0 Å². The zero-order valence-electron chi connectivity index (χ0n) is 3.76. The molecule has 0 bridgehead atoms. The lowest BCUT2D eigenvalue weighted by molar-refractivity contribution is 0.0791. The normalized spacial score (nSPS) is 14.1. The molecule has 0 aromatic rings. The SMILES string of the molecule is OCC(O)CNF. The predicted molar refractivity (Wildman–Crippen MR) is 22.2 cm³/mol. The third kappa shape index (κ3) is 3.65. The molecule has 0 fully saturated rings. The summed E-state index contributed by atoms with van der Waals surface area (Å²) < 4.78 is 10.9. The molecule has 0 saturated heterocycles. The fourth-order valence-electron chi connectivity index (χ4n) is 0.154. The molecule has 0 heterocycles. The molecule has 0 aliphatic carbocycles. The summed E-state index contributed by atoms with van der Waals surface area (Å²) in [5, 5.41) is 16.3. The van der Waals surface area contributed by atoms with Gasteiger partial charge in [-0.15, -0.1) is 4.48 Å². The van der Waals surface area contributed by atoms with Crippen LogP contribution in [-0.4, -0.2) is 29.5 Å². The van der Waals surface area contributed by atoms with Crippen LogP contribution in [-0.2, 0) is 0 Å². The lowest BCUT2D eigenvalue weighted by Crippen LogP contribution is -2.24. The van der Waals surface area contributed by atoms with E-state index in [0.29, 0.717) is 0 Å². The van der Waals surface area contributed by atoms with Crippen LogP contribution in [0.1, 0.15) is 0 Å². The van der Waals surface area contributed by atoms with E-state index in [9.17, 15) is 4.48 Å². The van der Waals surface area contributed by atoms with Crippen molar-refractivity contribution in [2.45, 2.75) is 6.10 Å². The smallest absolute Gasteiger partial charge is 0.0920 e. The Hall–Kier alpha value is -0.190. The van der Waals surface area contributed by atoms with Crippen LogP contribution in [0.5, 0.6) is 0 Å². The molecule has 44 valence electrons. The molecule has 0 aromatic carbocycles. The van der Waals surface area contributed by atoms with Gasteiger partial charge in [0.05, 0.1) is 19.3 Å². The Morgan fingerprint density at radius 3 is 2.43 bits per heavy atom. The minimum Gasteiger partial charge on any atom is -0.394 e. The van der Waals surface area contributed by atoms with Crippen molar-refractivity contribution >= 4 is 0 Å². The summed E-state index contributed by atoms with van der Waals surface area (Å²) in [5.41, 5.74) is 1.21. The quantitative estimate of drug-likeness (QED) is 0.399. The van der Waals surface area contributed by atoms with Crippen molar-refractivity contribution in [3.8, 4) is 0 Å². The molecular weight excluding hydrogens is 101 g/mol. The van der Waals surface area contributed by atoms with Gasteiger partial charge < -0.3 is 10.2 Å². The number of halogens is 1. The lowest BCUT2D eigenvalue weighted by atomic mass is 10.4. The molecule has 3 nitrogen and oxygen atoms in total. The van der Waals surface area contributed by atoms with Crippen LogP contribution < -0.4 is 5.54 Å². The van der Waals surface area contributed by atoms with Crippen LogP contribution in [0.4, 0.5) is 4.48 Å². The van der Waals surface area contributed by atoms with Gasteiger partial charge in [0.15, 0.2) is 0 Å². The fourth-order valence-corrected chi connectivity index (χ4v) is 0.154. The average Bonchev–Trinajstić information content (AvgIpc) is 1.68. The summed E-state index contributed by atoms with van der Waals surface area (Å²) in [7, 11) is 0. The van der Waals surface area contributed by atoms with Crippen molar-refractivity contribution in [2.24, 2.45) is 0 Å². The maximum absolute atomic E-state index is 10.9. The number of aliphatic hydroxyl groups is 2. The van der Waals surface area contributed by atoms with Crippen molar-refractivity contribution in [1.82, 2.24) is 5.54 Å². The van der Waals surface area contributed by atoms with Gasteiger partial charge in [0.1, 0.15) is 0 Å². The lowest BCUT2D eigenvalue weighted by Gasteiger charge is -2.00. The van der Waals surface area contributed by atoms with Gasteiger partial charge in [0.25, 0.3) is 0 Å². The number of hydrogen-bond donors (Lipinski definition) is 3. The van der Waals surface area contributed by atoms with E-state index >= 15 is 0 Å². The van der Waals surface area contributed by atoms with Crippen molar-refractivity contribution in [1.29, 1.82) is 0 Å². The average molecular weight is 109 g/mol. The molecule has 0 aromatic heterocycles. The van der Waals surface area contributed by atoms with Gasteiger partial charge in [0, 0.05) is 0 Å². The first-order valence-electron chi connectivity index (χ1n) is 1.93. The molecular formula is C3H8FNO2. The van der Waals surface area contributed by atoms with Gasteiger partial charge >= 0.3 is 0 Å². The van der Waals surface area contributed by atoms with Crippen LogP contribution in [0.3, 0.4) is 0 Å². The molecule has 3 N–H and O–H groups in total. The van der Waals surface area contributed by atoms with E-state index in [1.807, 2.05) is 0 Å². The summed E-state index contributed by atoms with van der Waals surface area (Å²) in [4.78, 5) is 0. The zero-order valence-corrected chi connectivity index (χ0v) is 3.76. The second-order valence-electron chi connectivity index (χ2n) is 1.17. The number of hydrogen-bond acceptors (Lipinski definition) is 3. The minimum atomic E-state index is -0.981. The zero-order chi connectivity index (χ0) is 5.70. The van der Waals surface area contributed by atoms with E-state index in [2.05, 4.69) is 0 Å². The predicted octanol–water partition coefficient (Wildman–Crippen LogP) is -1.19. The maximum atomic E-state index is 10.9. The second-order valence-corrected chi connectivity index (χ2v) is 1.17. The highest BCUT2D eigenvalue weighted by Crippen LogP contribution is 1.73. The van der Waals surface area contributed by atoms with Gasteiger partial charge in [-0.1, -0.05) is 0 Å². The molecule has 0 aliphatic rings. The maximum Gasteiger partial charge on any atom is 0.0920 e. The van der Waals surface area contributed by atoms with Gasteiger partial charge in [0.2, 0.25) is 0 Å². The van der Waals surface area contributed by atoms with Crippen LogP contribution in [0, 0.1) is 0 Å². The van der Waals surface area contributed by atoms with Crippen molar-refractivity contribution in [2.75, 3.05) is 13.2 Å². The molecule has 0 spiro atoms. The van der Waals surface area contributed by atoms with Gasteiger partial charge in [-0.25, -0.2) is 0 Å². The molecule has 0 aliphatic heterocycles. The summed E-state index contributed by atoms with van der Waals surface area (Å²) in [6.07, 6.45) is -0.981. The minimum absolute atomic E-state index is 0.212. The van der Waals surface area contributed by atoms with Crippen molar-refractivity contribution in [3.63, 3.8) is 0 Å². The highest BCUT2D eigenvalue weighted by atomic mass is 19.2. The van der Waals surface area contributed by atoms with Crippen LogP contribution in [0.2, 0.25) is 0 Å². The Balaban J connectivity index is 2.83. The molecule has 0 amide bonds. The molecule has 4 heteroatoms. The van der Waals surface area contributed by atoms with E-state index in [-0.39, 0.29) is 6.54 Å². The first kappa shape index (κ1) is 6.81. The third-order valence-corrected chi connectivity index (χ3v) is 0.524. The Morgan fingerprint density at radius 1 is 1.71 bits per heavy atom. The van der Waals surface area contributed by atoms with E-state index in [0.717, 1.165) is 0 Å². The van der Waals surface area contributed by atoms with Gasteiger partial charge in [-0.3, -0.25) is 0 Å². The van der Waals surface area contributed by atoms with Crippen molar-refractivity contribution in [3.05, 3.63) is 0 Å². The van der Waals surface area contributed by atoms with Crippen molar-refractivity contribution < 1.29 is 14.7 Å². The Kier molecular flexibility index (Phi) is 3.87. The standard InChI is InChI=1S/C3H8FNO2/c4-5-1-3(7)2-6/h3,5-7H,1-2H2. The summed E-state index contributed by atoms with van der Waals surface area (Å²) in [6.45, 7) is -0.618. The summed E-state index contributed by atoms with van der Waals surface area (Å²) >= 11 is 0. The molecule has 7 heavy (non-hydrogen) atoms. The number of aliphatic hydroxyl groups excluding tert-OH is 2. The Labute approximate surface area is 40.7 Å². The Bertz CT molecular complexity index is 43.9. The van der Waals surface area contributed by atoms with Crippen LogP contribution in [0.15, 0.2) is 0 Å². The molecule has 0 saturated carbocycles. The second kappa shape index (κ2) is 3.98. The highest BCUT2D eigenvalue weighted by Gasteiger charge is 1.97. The molecule has 0 radical (unpaired) electrons. The summed E-state index contributed by atoms with van der Waals surface area (Å²) in [5.74, 6) is 0. The molecule has 1 unspecified atom stereocenters. The monoisotopic (exact) mass is 109 g/mol. The summed E-state index contributed by atoms with van der Waals surface area (Å²) in [6, 6.07) is 0. The topological polar surface area (TPSA) is 52.5 Å². The van der Waals surface area contributed by atoms with E-state index in [4.69, 9.17) is 10.2 Å². The first-order chi connectivity index (χ1) is 3.31. The van der Waals surface area contributed by atoms with Gasteiger partial charge in [-0.2, -0.15) is 5.54 Å². The molecule has 1 atom stereocenters. The Morgan fingerprint density at radius 2 is 2.29 bits per heavy atom. The largest absolute Gasteiger partial charge is 0.394 e. The third-order valence-electron chi connectivity index (χ3n) is 0.524. The molecule has 0 rings (SSSR count).